The van der Waals surface area contributed by atoms with Crippen LogP contribution >= 0.6 is 0 Å². The first-order valence-corrected chi connectivity index (χ1v) is 11.0. The number of hydrogen-bond donors (Lipinski definition) is 0. The van der Waals surface area contributed by atoms with Crippen molar-refractivity contribution in [3.63, 3.8) is 0 Å². The number of ether oxygens (including phenoxy) is 1. The zero-order valence-corrected chi connectivity index (χ0v) is 19.3. The lowest BCUT2D eigenvalue weighted by Crippen LogP contribution is -2.43. The van der Waals surface area contributed by atoms with Crippen molar-refractivity contribution in [2.45, 2.75) is 24.9 Å². The molecular weight excluding hydrogens is 449 g/mol. The molecule has 2 nitrogen and oxygen atoms in total. The first-order chi connectivity index (χ1) is 16.7. The second-order valence-corrected chi connectivity index (χ2v) is 8.41. The van der Waals surface area contributed by atoms with Gasteiger partial charge in [-0.2, -0.15) is 13.2 Å². The van der Waals surface area contributed by atoms with Crippen molar-refractivity contribution in [2.75, 3.05) is 7.11 Å². The summed E-state index contributed by atoms with van der Waals surface area (Å²) in [5, 5.41) is 1.69. The fraction of sp³-hybridized carbons (Fsp3) is 0.167. The predicted molar refractivity (Wildman–Crippen MR) is 132 cm³/mol. The number of halogens is 3. The van der Waals surface area contributed by atoms with Gasteiger partial charge in [0.2, 0.25) is 0 Å². The Labute approximate surface area is 202 Å². The van der Waals surface area contributed by atoms with Crippen molar-refractivity contribution >= 4 is 16.6 Å². The van der Waals surface area contributed by atoms with E-state index in [1.165, 1.54) is 19.2 Å². The number of benzene rings is 4. The number of carbonyl (C=O) groups is 1. The lowest BCUT2D eigenvalue weighted by atomic mass is 9.74. The van der Waals surface area contributed by atoms with Crippen LogP contribution in [0, 0.1) is 18.8 Å². The molecule has 4 aromatic carbocycles. The van der Waals surface area contributed by atoms with Gasteiger partial charge in [-0.05, 0) is 53.6 Å². The third-order valence-corrected chi connectivity index (χ3v) is 6.00. The molecule has 0 saturated heterocycles. The zero-order valence-electron chi connectivity index (χ0n) is 19.3. The van der Waals surface area contributed by atoms with E-state index in [0.29, 0.717) is 16.9 Å². The van der Waals surface area contributed by atoms with Gasteiger partial charge in [-0.3, -0.25) is 4.79 Å². The Hall–Kier alpha value is -4.04. The third kappa shape index (κ3) is 5.07. The maximum atomic E-state index is 14.9. The van der Waals surface area contributed by atoms with Gasteiger partial charge in [-0.25, -0.2) is 0 Å². The first kappa shape index (κ1) is 24.1. The average molecular weight is 473 g/mol. The summed E-state index contributed by atoms with van der Waals surface area (Å²) in [4.78, 5) is 13.3. The minimum absolute atomic E-state index is 0.0554. The number of rotatable bonds is 5. The molecule has 35 heavy (non-hydrogen) atoms. The normalized spacial score (nSPS) is 12.9. The summed E-state index contributed by atoms with van der Waals surface area (Å²) in [5.74, 6) is 5.09. The Morgan fingerprint density at radius 2 is 1.57 bits per heavy atom. The van der Waals surface area contributed by atoms with E-state index < -0.39 is 23.8 Å². The molecule has 0 aromatic heterocycles. The van der Waals surface area contributed by atoms with E-state index in [0.717, 1.165) is 10.8 Å². The fourth-order valence-corrected chi connectivity index (χ4v) is 4.02. The molecule has 0 fully saturated rings. The molecule has 0 N–H and O–H groups in total. The van der Waals surface area contributed by atoms with Crippen LogP contribution in [0.1, 0.15) is 33.5 Å². The van der Waals surface area contributed by atoms with Crippen molar-refractivity contribution in [1.82, 2.24) is 0 Å². The van der Waals surface area contributed by atoms with Crippen LogP contribution in [0.15, 0.2) is 91.0 Å². The third-order valence-electron chi connectivity index (χ3n) is 6.00. The highest BCUT2D eigenvalue weighted by Gasteiger charge is 2.56. The van der Waals surface area contributed by atoms with Crippen molar-refractivity contribution in [1.29, 1.82) is 0 Å². The highest BCUT2D eigenvalue weighted by molar-refractivity contribution is 6.01. The molecule has 0 saturated carbocycles. The summed E-state index contributed by atoms with van der Waals surface area (Å²) >= 11 is 0. The van der Waals surface area contributed by atoms with Gasteiger partial charge in [0, 0.05) is 17.5 Å². The van der Waals surface area contributed by atoms with Crippen LogP contribution in [0.3, 0.4) is 0 Å². The van der Waals surface area contributed by atoms with Gasteiger partial charge in [0.1, 0.15) is 5.75 Å². The van der Waals surface area contributed by atoms with Gasteiger partial charge < -0.3 is 4.74 Å². The monoisotopic (exact) mass is 472 g/mol. The van der Waals surface area contributed by atoms with Gasteiger partial charge in [0.15, 0.2) is 11.2 Å². The molecule has 5 heteroatoms. The molecule has 0 radical (unpaired) electrons. The molecule has 0 spiro atoms. The number of hydrogen-bond acceptors (Lipinski definition) is 2. The molecule has 0 bridgehead atoms. The van der Waals surface area contributed by atoms with E-state index in [1.807, 2.05) is 24.3 Å². The number of Topliss-reactive ketones (excluding diaryl/α,β-unsaturated/α-hetero) is 1. The summed E-state index contributed by atoms with van der Waals surface area (Å²) in [6, 6.07) is 24.9. The van der Waals surface area contributed by atoms with Gasteiger partial charge >= 0.3 is 6.18 Å². The summed E-state index contributed by atoms with van der Waals surface area (Å²) in [5.41, 5.74) is -1.47. The lowest BCUT2D eigenvalue weighted by Gasteiger charge is -2.31. The molecule has 4 rings (SSSR count). The fourth-order valence-electron chi connectivity index (χ4n) is 4.02. The quantitative estimate of drug-likeness (QED) is 0.225. The van der Waals surface area contributed by atoms with Crippen LogP contribution in [0.5, 0.6) is 5.75 Å². The number of ketones is 1. The number of fused-ring (bicyclic) bond motifs is 1. The van der Waals surface area contributed by atoms with E-state index in [1.54, 1.807) is 61.5 Å². The summed E-state index contributed by atoms with van der Waals surface area (Å²) in [6.45, 7) is 1.71. The predicted octanol–water partition coefficient (Wildman–Crippen LogP) is 7.28. The molecule has 0 unspecified atom stereocenters. The number of aryl methyl sites for hydroxylation is 1. The highest BCUT2D eigenvalue weighted by atomic mass is 19.4. The summed E-state index contributed by atoms with van der Waals surface area (Å²) < 4.78 is 49.7. The van der Waals surface area contributed by atoms with Crippen LogP contribution in [0.2, 0.25) is 0 Å². The molecule has 0 amide bonds. The van der Waals surface area contributed by atoms with Crippen LogP contribution in [-0.4, -0.2) is 19.1 Å². The molecule has 0 aliphatic carbocycles. The second-order valence-electron chi connectivity index (χ2n) is 8.41. The smallest absolute Gasteiger partial charge is 0.409 e. The zero-order chi connectivity index (χ0) is 25.1. The van der Waals surface area contributed by atoms with Crippen LogP contribution < -0.4 is 4.74 Å². The topological polar surface area (TPSA) is 26.3 Å². The van der Waals surface area contributed by atoms with Gasteiger partial charge in [0.25, 0.3) is 0 Å². The van der Waals surface area contributed by atoms with Crippen LogP contribution in [-0.2, 0) is 5.41 Å². The van der Waals surface area contributed by atoms with Crippen molar-refractivity contribution in [2.24, 2.45) is 0 Å². The molecular formula is C30H23F3O2. The van der Waals surface area contributed by atoms with Gasteiger partial charge in [-0.1, -0.05) is 78.1 Å². The number of methoxy groups -OCH3 is 1. The Morgan fingerprint density at radius 1 is 0.857 bits per heavy atom. The van der Waals surface area contributed by atoms with E-state index in [9.17, 15) is 18.0 Å². The van der Waals surface area contributed by atoms with Crippen molar-refractivity contribution in [3.05, 3.63) is 113 Å². The highest BCUT2D eigenvalue weighted by Crippen LogP contribution is 2.44. The average Bonchev–Trinajstić information content (AvgIpc) is 2.85. The summed E-state index contributed by atoms with van der Waals surface area (Å²) in [7, 11) is 1.51. The minimum Gasteiger partial charge on any atom is -0.497 e. The maximum absolute atomic E-state index is 14.9. The SMILES string of the molecule is COc1ccc(C#C[C@@](CC(=O)c2ccc3ccccc3c2)(c2cccc(C)c2)C(F)(F)F)cc1. The van der Waals surface area contributed by atoms with Gasteiger partial charge in [-0.15, -0.1) is 0 Å². The van der Waals surface area contributed by atoms with Crippen molar-refractivity contribution in [3.8, 4) is 17.6 Å². The summed E-state index contributed by atoms with van der Waals surface area (Å²) in [6.07, 6.45) is -5.63. The molecule has 1 atom stereocenters. The van der Waals surface area contributed by atoms with E-state index in [2.05, 4.69) is 11.8 Å². The van der Waals surface area contributed by atoms with Crippen LogP contribution in [0.25, 0.3) is 10.8 Å². The first-order valence-electron chi connectivity index (χ1n) is 11.0. The van der Waals surface area contributed by atoms with E-state index in [4.69, 9.17) is 4.74 Å². The Balaban J connectivity index is 1.83. The van der Waals surface area contributed by atoms with E-state index >= 15 is 0 Å². The standard InChI is InChI=1S/C30H23F3O2/c1-21-6-5-9-26(18-21)29(30(31,32)33,17-16-22-10-14-27(35-2)15-11-22)20-28(34)25-13-12-23-7-3-4-8-24(23)19-25/h3-15,18-19H,20H2,1-2H3/t29-/m1/s1. The maximum Gasteiger partial charge on any atom is 0.409 e. The Bertz CT molecular complexity index is 1430. The molecule has 0 aliphatic heterocycles. The Kier molecular flexibility index (Phi) is 6.66. The second kappa shape index (κ2) is 9.68. The Morgan fingerprint density at radius 3 is 2.23 bits per heavy atom. The van der Waals surface area contributed by atoms with Gasteiger partial charge in [0.05, 0.1) is 7.11 Å². The molecule has 0 aliphatic rings. The number of carbonyl (C=O) groups excluding carboxylic acids is 1. The largest absolute Gasteiger partial charge is 0.497 e. The molecule has 0 heterocycles. The lowest BCUT2D eigenvalue weighted by molar-refractivity contribution is -0.172. The minimum atomic E-state index is -4.80. The molecule has 176 valence electrons. The van der Waals surface area contributed by atoms with E-state index in [-0.39, 0.29) is 11.1 Å². The van der Waals surface area contributed by atoms with Crippen LogP contribution in [0.4, 0.5) is 13.2 Å². The molecule has 4 aromatic rings. The van der Waals surface area contributed by atoms with Crippen molar-refractivity contribution < 1.29 is 22.7 Å². The number of alkyl halides is 3.